The smallest absolute Gasteiger partial charge is 0.344 e. The molecule has 18 heavy (non-hydrogen) atoms. The van der Waals surface area contributed by atoms with Crippen molar-refractivity contribution in [1.82, 2.24) is 4.98 Å². The zero-order valence-electron chi connectivity index (χ0n) is 9.88. The summed E-state index contributed by atoms with van der Waals surface area (Å²) in [5, 5.41) is 0. The number of allylic oxidation sites excluding steroid dienone is 1. The van der Waals surface area contributed by atoms with Gasteiger partial charge >= 0.3 is 5.97 Å². The van der Waals surface area contributed by atoms with Crippen molar-refractivity contribution in [3.8, 4) is 0 Å². The van der Waals surface area contributed by atoms with Crippen LogP contribution in [0.2, 0.25) is 0 Å². The normalized spacial score (nSPS) is 16.2. The molecule has 3 nitrogen and oxygen atoms in total. The molecule has 0 bridgehead atoms. The molecule has 0 unspecified atom stereocenters. The largest absolute Gasteiger partial charge is 0.422 e. The van der Waals surface area contributed by atoms with Gasteiger partial charge in [0, 0.05) is 18.0 Å². The van der Waals surface area contributed by atoms with E-state index in [4.69, 9.17) is 4.74 Å². The number of pyridine rings is 1. The summed E-state index contributed by atoms with van der Waals surface area (Å²) in [7, 11) is 0. The predicted octanol–water partition coefficient (Wildman–Crippen LogP) is 3.14. The second kappa shape index (κ2) is 4.11. The minimum atomic E-state index is -0.283. The Labute approximate surface area is 105 Å². The third-order valence-electron chi connectivity index (χ3n) is 3.04. The van der Waals surface area contributed by atoms with E-state index in [1.807, 2.05) is 37.3 Å². The Bertz CT molecular complexity index is 645. The van der Waals surface area contributed by atoms with E-state index in [2.05, 4.69) is 4.98 Å². The van der Waals surface area contributed by atoms with Gasteiger partial charge < -0.3 is 4.74 Å². The summed E-state index contributed by atoms with van der Waals surface area (Å²) in [5.74, 6) is 0.357. The molecule has 0 amide bonds. The first-order valence-electron chi connectivity index (χ1n) is 5.70. The number of benzene rings is 1. The van der Waals surface area contributed by atoms with Crippen molar-refractivity contribution in [3.63, 3.8) is 0 Å². The Morgan fingerprint density at radius 2 is 1.72 bits per heavy atom. The summed E-state index contributed by atoms with van der Waals surface area (Å²) >= 11 is 0. The van der Waals surface area contributed by atoms with Crippen molar-refractivity contribution in [3.05, 3.63) is 65.5 Å². The third-order valence-corrected chi connectivity index (χ3v) is 3.04. The zero-order chi connectivity index (χ0) is 12.5. The lowest BCUT2D eigenvalue weighted by Gasteiger charge is -2.05. The van der Waals surface area contributed by atoms with Gasteiger partial charge in [0.05, 0.1) is 5.56 Å². The van der Waals surface area contributed by atoms with Gasteiger partial charge in [0.15, 0.2) is 0 Å². The monoisotopic (exact) mass is 237 g/mol. The molecule has 1 aromatic carbocycles. The van der Waals surface area contributed by atoms with Crippen LogP contribution in [-0.2, 0) is 4.74 Å². The molecular formula is C15H11NO2. The first-order valence-corrected chi connectivity index (χ1v) is 5.70. The molecule has 0 N–H and O–H groups in total. The number of ether oxygens (including phenoxy) is 1. The van der Waals surface area contributed by atoms with Crippen LogP contribution in [0.15, 0.2) is 48.8 Å². The number of cyclic esters (lactones) is 1. The van der Waals surface area contributed by atoms with Crippen molar-refractivity contribution in [2.24, 2.45) is 0 Å². The lowest BCUT2D eigenvalue weighted by molar-refractivity contribution is 0.0716. The van der Waals surface area contributed by atoms with E-state index in [0.717, 1.165) is 16.7 Å². The summed E-state index contributed by atoms with van der Waals surface area (Å²) in [5.41, 5.74) is 3.43. The van der Waals surface area contributed by atoms with E-state index in [0.29, 0.717) is 11.3 Å². The average molecular weight is 237 g/mol. The Hall–Kier alpha value is -2.42. The van der Waals surface area contributed by atoms with Crippen LogP contribution < -0.4 is 0 Å². The molecule has 0 radical (unpaired) electrons. The molecule has 0 saturated carbocycles. The SMILES string of the molecule is C/C(=C1\OC(=O)c2ccccc21)c1ccncc1. The van der Waals surface area contributed by atoms with Crippen molar-refractivity contribution < 1.29 is 9.53 Å². The number of aromatic nitrogens is 1. The van der Waals surface area contributed by atoms with Gasteiger partial charge in [0.25, 0.3) is 0 Å². The lowest BCUT2D eigenvalue weighted by atomic mass is 10.0. The molecule has 1 aliphatic rings. The quantitative estimate of drug-likeness (QED) is 0.715. The van der Waals surface area contributed by atoms with Crippen LogP contribution in [0.3, 0.4) is 0 Å². The number of hydrogen-bond acceptors (Lipinski definition) is 3. The highest BCUT2D eigenvalue weighted by Gasteiger charge is 2.27. The summed E-state index contributed by atoms with van der Waals surface area (Å²) in [4.78, 5) is 15.7. The van der Waals surface area contributed by atoms with Gasteiger partial charge in [-0.15, -0.1) is 0 Å². The summed E-state index contributed by atoms with van der Waals surface area (Å²) in [6.07, 6.45) is 3.45. The Morgan fingerprint density at radius 1 is 1.06 bits per heavy atom. The lowest BCUT2D eigenvalue weighted by Crippen LogP contribution is -1.93. The topological polar surface area (TPSA) is 39.2 Å². The summed E-state index contributed by atoms with van der Waals surface area (Å²) in [6, 6.07) is 11.2. The molecule has 2 aromatic rings. The number of fused-ring (bicyclic) bond motifs is 1. The second-order valence-corrected chi connectivity index (χ2v) is 4.13. The van der Waals surface area contributed by atoms with Crippen LogP contribution in [-0.4, -0.2) is 11.0 Å². The second-order valence-electron chi connectivity index (χ2n) is 4.13. The molecule has 0 saturated heterocycles. The maximum atomic E-state index is 11.7. The van der Waals surface area contributed by atoms with Gasteiger partial charge in [-0.1, -0.05) is 18.2 Å². The molecule has 0 atom stereocenters. The minimum Gasteiger partial charge on any atom is -0.422 e. The van der Waals surface area contributed by atoms with Crippen LogP contribution in [0.4, 0.5) is 0 Å². The Kier molecular flexibility index (Phi) is 2.45. The van der Waals surface area contributed by atoms with Gasteiger partial charge in [-0.25, -0.2) is 4.79 Å². The number of rotatable bonds is 1. The molecule has 0 fully saturated rings. The van der Waals surface area contributed by atoms with Crippen molar-refractivity contribution in [1.29, 1.82) is 0 Å². The Morgan fingerprint density at radius 3 is 2.44 bits per heavy atom. The number of nitrogens with zero attached hydrogens (tertiary/aromatic N) is 1. The molecular weight excluding hydrogens is 226 g/mol. The predicted molar refractivity (Wildman–Crippen MR) is 68.6 cm³/mol. The maximum absolute atomic E-state index is 11.7. The molecule has 0 aliphatic carbocycles. The van der Waals surface area contributed by atoms with Gasteiger partial charge in [-0.2, -0.15) is 0 Å². The van der Waals surface area contributed by atoms with E-state index >= 15 is 0 Å². The third kappa shape index (κ3) is 1.61. The van der Waals surface area contributed by atoms with Gasteiger partial charge in [0.1, 0.15) is 5.76 Å². The standard InChI is InChI=1S/C15H11NO2/c1-10(11-6-8-16-9-7-11)14-12-4-2-3-5-13(12)15(17)18-14/h2-9H,1H3/b14-10+. The molecule has 88 valence electrons. The van der Waals surface area contributed by atoms with Crippen molar-refractivity contribution in [2.45, 2.75) is 6.92 Å². The van der Waals surface area contributed by atoms with Crippen molar-refractivity contribution in [2.75, 3.05) is 0 Å². The van der Waals surface area contributed by atoms with Crippen LogP contribution in [0.1, 0.15) is 28.4 Å². The van der Waals surface area contributed by atoms with E-state index < -0.39 is 0 Å². The molecule has 1 aliphatic heterocycles. The highest BCUT2D eigenvalue weighted by Crippen LogP contribution is 2.34. The maximum Gasteiger partial charge on any atom is 0.344 e. The van der Waals surface area contributed by atoms with E-state index in [1.165, 1.54) is 0 Å². The highest BCUT2D eigenvalue weighted by atomic mass is 16.5. The molecule has 3 rings (SSSR count). The van der Waals surface area contributed by atoms with Gasteiger partial charge in [0.2, 0.25) is 0 Å². The molecule has 3 heteroatoms. The van der Waals surface area contributed by atoms with Crippen LogP contribution >= 0.6 is 0 Å². The molecule has 1 aromatic heterocycles. The van der Waals surface area contributed by atoms with Gasteiger partial charge in [-0.05, 0) is 36.3 Å². The van der Waals surface area contributed by atoms with Crippen LogP contribution in [0.25, 0.3) is 11.3 Å². The summed E-state index contributed by atoms with van der Waals surface area (Å²) < 4.78 is 5.37. The molecule has 0 spiro atoms. The van der Waals surface area contributed by atoms with Crippen molar-refractivity contribution >= 4 is 17.3 Å². The summed E-state index contributed by atoms with van der Waals surface area (Å²) in [6.45, 7) is 1.94. The average Bonchev–Trinajstić information content (AvgIpc) is 2.77. The highest BCUT2D eigenvalue weighted by molar-refractivity contribution is 6.07. The fraction of sp³-hybridized carbons (Fsp3) is 0.0667. The number of carbonyl (C=O) groups excluding carboxylic acids is 1. The Balaban J connectivity index is 2.17. The van der Waals surface area contributed by atoms with E-state index in [9.17, 15) is 4.79 Å². The van der Waals surface area contributed by atoms with Crippen LogP contribution in [0, 0.1) is 0 Å². The number of carbonyl (C=O) groups is 1. The first-order chi connectivity index (χ1) is 8.77. The first kappa shape index (κ1) is 10.7. The zero-order valence-corrected chi connectivity index (χ0v) is 9.88. The van der Waals surface area contributed by atoms with E-state index in [-0.39, 0.29) is 5.97 Å². The molecule has 2 heterocycles. The minimum absolute atomic E-state index is 0.283. The number of hydrogen-bond donors (Lipinski definition) is 0. The van der Waals surface area contributed by atoms with Crippen LogP contribution in [0.5, 0.6) is 0 Å². The van der Waals surface area contributed by atoms with Gasteiger partial charge in [-0.3, -0.25) is 4.98 Å². The number of esters is 1. The fourth-order valence-electron chi connectivity index (χ4n) is 2.07. The fourth-order valence-corrected chi connectivity index (χ4v) is 2.07. The van der Waals surface area contributed by atoms with E-state index in [1.54, 1.807) is 18.5 Å².